The van der Waals surface area contributed by atoms with Gasteiger partial charge in [0.1, 0.15) is 6.33 Å². The van der Waals surface area contributed by atoms with E-state index in [-0.39, 0.29) is 0 Å². The van der Waals surface area contributed by atoms with Crippen molar-refractivity contribution in [3.63, 3.8) is 0 Å². The van der Waals surface area contributed by atoms with Gasteiger partial charge >= 0.3 is 0 Å². The predicted molar refractivity (Wildman–Crippen MR) is 85.5 cm³/mol. The van der Waals surface area contributed by atoms with Gasteiger partial charge in [-0.1, -0.05) is 72.4 Å². The third kappa shape index (κ3) is 3.79. The minimum Gasteiger partial charge on any atom is -0.195 e. The summed E-state index contributed by atoms with van der Waals surface area (Å²) in [6.07, 6.45) is 3.42. The van der Waals surface area contributed by atoms with Crippen molar-refractivity contribution in [3.05, 3.63) is 78.1 Å². The molecular formula is C16H14N4S. The minimum absolute atomic E-state index is 0.783. The zero-order valence-corrected chi connectivity index (χ0v) is 12.1. The van der Waals surface area contributed by atoms with E-state index in [1.807, 2.05) is 48.5 Å². The van der Waals surface area contributed by atoms with Crippen LogP contribution in [0.5, 0.6) is 0 Å². The first-order valence-electron chi connectivity index (χ1n) is 6.58. The van der Waals surface area contributed by atoms with Gasteiger partial charge in [0.25, 0.3) is 0 Å². The molecule has 0 radical (unpaired) electrons. The summed E-state index contributed by atoms with van der Waals surface area (Å²) >= 11 is 1.62. The highest BCUT2D eigenvalue weighted by Crippen LogP contribution is 2.20. The molecule has 0 unspecified atom stereocenters. The van der Waals surface area contributed by atoms with Crippen LogP contribution in [0.25, 0.3) is 0 Å². The third-order valence-corrected chi connectivity index (χ3v) is 3.85. The molecule has 0 N–H and O–H groups in total. The lowest BCUT2D eigenvalue weighted by Gasteiger charge is -2.01. The molecule has 2 aromatic carbocycles. The summed E-state index contributed by atoms with van der Waals surface area (Å²) in [7, 11) is 0. The maximum atomic E-state index is 4.39. The Morgan fingerprint density at radius 2 is 1.71 bits per heavy atom. The van der Waals surface area contributed by atoms with E-state index in [1.54, 1.807) is 29.0 Å². The summed E-state index contributed by atoms with van der Waals surface area (Å²) in [6, 6.07) is 20.2. The van der Waals surface area contributed by atoms with Crippen LogP contribution >= 0.6 is 11.8 Å². The number of aromatic nitrogens is 3. The fraction of sp³-hybridized carbons (Fsp3) is 0.0625. The van der Waals surface area contributed by atoms with Crippen molar-refractivity contribution >= 4 is 18.0 Å². The minimum atomic E-state index is 0.783. The summed E-state index contributed by atoms with van der Waals surface area (Å²) in [6.45, 7) is 0. The number of benzene rings is 2. The van der Waals surface area contributed by atoms with Gasteiger partial charge in [0.2, 0.25) is 5.16 Å². The highest BCUT2D eigenvalue weighted by molar-refractivity contribution is 7.98. The van der Waals surface area contributed by atoms with Crippen LogP contribution < -0.4 is 0 Å². The summed E-state index contributed by atoms with van der Waals surface area (Å²) < 4.78 is 1.70. The fourth-order valence-corrected chi connectivity index (χ4v) is 2.60. The molecule has 3 aromatic rings. The Balaban J connectivity index is 1.68. The first-order valence-corrected chi connectivity index (χ1v) is 7.56. The SMILES string of the molecule is C(=Nn1cnnc1SCc1ccccc1)c1ccccc1. The zero-order chi connectivity index (χ0) is 14.3. The smallest absolute Gasteiger partial charge is 0.195 e. The van der Waals surface area contributed by atoms with Crippen molar-refractivity contribution in [2.24, 2.45) is 5.10 Å². The predicted octanol–water partition coefficient (Wildman–Crippen LogP) is 3.45. The van der Waals surface area contributed by atoms with E-state index in [2.05, 4.69) is 27.4 Å². The largest absolute Gasteiger partial charge is 0.212 e. The van der Waals surface area contributed by atoms with Crippen LogP contribution in [-0.2, 0) is 5.75 Å². The molecule has 3 rings (SSSR count). The normalized spacial score (nSPS) is 11.0. The monoisotopic (exact) mass is 294 g/mol. The second-order valence-corrected chi connectivity index (χ2v) is 5.33. The Morgan fingerprint density at radius 3 is 2.48 bits per heavy atom. The molecule has 0 amide bonds. The zero-order valence-electron chi connectivity index (χ0n) is 11.3. The van der Waals surface area contributed by atoms with E-state index in [0.29, 0.717) is 0 Å². The summed E-state index contributed by atoms with van der Waals surface area (Å²) in [5.74, 6) is 0.848. The molecule has 0 fully saturated rings. The Bertz CT molecular complexity index is 707. The molecular weight excluding hydrogens is 280 g/mol. The van der Waals surface area contributed by atoms with E-state index >= 15 is 0 Å². The molecule has 0 saturated carbocycles. The molecule has 4 nitrogen and oxygen atoms in total. The highest BCUT2D eigenvalue weighted by atomic mass is 32.2. The lowest BCUT2D eigenvalue weighted by Crippen LogP contribution is -1.92. The standard InChI is InChI=1S/C16H14N4S/c1-3-7-14(8-4-1)11-18-20-13-17-19-16(20)21-12-15-9-5-2-6-10-15/h1-11,13H,12H2. The lowest BCUT2D eigenvalue weighted by atomic mass is 10.2. The molecule has 0 spiro atoms. The van der Waals surface area contributed by atoms with Crippen LogP contribution in [0, 0.1) is 0 Å². The molecule has 0 saturated heterocycles. The third-order valence-electron chi connectivity index (χ3n) is 2.84. The lowest BCUT2D eigenvalue weighted by molar-refractivity contribution is 0.767. The highest BCUT2D eigenvalue weighted by Gasteiger charge is 2.04. The van der Waals surface area contributed by atoms with Crippen molar-refractivity contribution in [2.45, 2.75) is 10.9 Å². The van der Waals surface area contributed by atoms with Gasteiger partial charge in [-0.25, -0.2) is 0 Å². The Hall–Kier alpha value is -2.40. The fourth-order valence-electron chi connectivity index (χ4n) is 1.78. The second-order valence-electron chi connectivity index (χ2n) is 4.39. The number of hydrogen-bond acceptors (Lipinski definition) is 4. The maximum absolute atomic E-state index is 4.39. The van der Waals surface area contributed by atoms with Gasteiger partial charge in [-0.05, 0) is 11.1 Å². The van der Waals surface area contributed by atoms with Crippen LogP contribution in [0.2, 0.25) is 0 Å². The Kier molecular flexibility index (Phi) is 4.43. The van der Waals surface area contributed by atoms with Gasteiger partial charge in [0.05, 0.1) is 6.21 Å². The van der Waals surface area contributed by atoms with E-state index in [4.69, 9.17) is 0 Å². The quantitative estimate of drug-likeness (QED) is 0.534. The Morgan fingerprint density at radius 1 is 1.00 bits per heavy atom. The van der Waals surface area contributed by atoms with Gasteiger partial charge in [-0.15, -0.1) is 10.2 Å². The number of rotatable bonds is 5. The van der Waals surface area contributed by atoms with Crippen molar-refractivity contribution in [2.75, 3.05) is 0 Å². The van der Waals surface area contributed by atoms with E-state index < -0.39 is 0 Å². The summed E-state index contributed by atoms with van der Waals surface area (Å²) in [5, 5.41) is 13.2. The maximum Gasteiger partial charge on any atom is 0.212 e. The van der Waals surface area contributed by atoms with Crippen LogP contribution in [0.3, 0.4) is 0 Å². The topological polar surface area (TPSA) is 43.1 Å². The van der Waals surface area contributed by atoms with Gasteiger partial charge < -0.3 is 0 Å². The van der Waals surface area contributed by atoms with Crippen LogP contribution in [0.4, 0.5) is 0 Å². The first kappa shape index (κ1) is 13.6. The van der Waals surface area contributed by atoms with Crippen LogP contribution in [0.1, 0.15) is 11.1 Å². The number of thioether (sulfide) groups is 1. The molecule has 21 heavy (non-hydrogen) atoms. The van der Waals surface area contributed by atoms with Crippen molar-refractivity contribution in [1.29, 1.82) is 0 Å². The molecule has 0 atom stereocenters. The molecule has 0 bridgehead atoms. The van der Waals surface area contributed by atoms with Gasteiger partial charge in [0.15, 0.2) is 0 Å². The van der Waals surface area contributed by atoms with E-state index in [9.17, 15) is 0 Å². The number of hydrogen-bond donors (Lipinski definition) is 0. The van der Waals surface area contributed by atoms with Gasteiger partial charge in [0, 0.05) is 5.75 Å². The van der Waals surface area contributed by atoms with E-state index in [0.717, 1.165) is 16.5 Å². The van der Waals surface area contributed by atoms with Crippen LogP contribution in [-0.4, -0.2) is 21.1 Å². The van der Waals surface area contributed by atoms with Crippen molar-refractivity contribution in [1.82, 2.24) is 14.9 Å². The summed E-state index contributed by atoms with van der Waals surface area (Å²) in [4.78, 5) is 0. The molecule has 104 valence electrons. The Labute approximate surface area is 127 Å². The molecule has 0 aliphatic carbocycles. The first-order chi connectivity index (χ1) is 10.4. The van der Waals surface area contributed by atoms with E-state index in [1.165, 1.54) is 5.56 Å². The second kappa shape index (κ2) is 6.85. The molecule has 1 heterocycles. The number of nitrogens with zero attached hydrogens (tertiary/aromatic N) is 4. The van der Waals surface area contributed by atoms with Crippen molar-refractivity contribution in [3.8, 4) is 0 Å². The summed E-state index contributed by atoms with van der Waals surface area (Å²) in [5.41, 5.74) is 2.30. The average Bonchev–Trinajstić information content (AvgIpc) is 3.00. The van der Waals surface area contributed by atoms with Crippen molar-refractivity contribution < 1.29 is 0 Å². The molecule has 1 aromatic heterocycles. The van der Waals surface area contributed by atoms with Gasteiger partial charge in [-0.3, -0.25) is 0 Å². The van der Waals surface area contributed by atoms with Gasteiger partial charge in [-0.2, -0.15) is 9.78 Å². The molecule has 0 aliphatic heterocycles. The average molecular weight is 294 g/mol. The molecule has 5 heteroatoms. The molecule has 0 aliphatic rings. The van der Waals surface area contributed by atoms with Crippen LogP contribution in [0.15, 0.2) is 77.2 Å².